The van der Waals surface area contributed by atoms with Crippen LogP contribution in [0.15, 0.2) is 60.8 Å². The maximum atomic E-state index is 12.7. The molecule has 3 heterocycles. The van der Waals surface area contributed by atoms with Gasteiger partial charge < -0.3 is 14.4 Å². The average molecular weight is 557 g/mol. The van der Waals surface area contributed by atoms with Crippen LogP contribution in [0.25, 0.3) is 22.6 Å². The van der Waals surface area contributed by atoms with Crippen LogP contribution in [0.3, 0.4) is 0 Å². The zero-order chi connectivity index (χ0) is 28.3. The molecule has 1 fully saturated rings. The number of hydrogen-bond acceptors (Lipinski definition) is 6. The Morgan fingerprint density at radius 2 is 1.90 bits per heavy atom. The number of imidazole rings is 1. The van der Waals surface area contributed by atoms with E-state index in [0.29, 0.717) is 42.8 Å². The van der Waals surface area contributed by atoms with Gasteiger partial charge in [0.15, 0.2) is 5.82 Å². The van der Waals surface area contributed by atoms with Gasteiger partial charge in [-0.2, -0.15) is 0 Å². The van der Waals surface area contributed by atoms with Crippen LogP contribution in [0.1, 0.15) is 41.7 Å². The summed E-state index contributed by atoms with van der Waals surface area (Å²) in [5.74, 6) is 1.99. The molecule has 0 N–H and O–H groups in total. The fraction of sp³-hybridized carbons (Fsp3) is 0.355. The molecule has 1 aliphatic rings. The summed E-state index contributed by atoms with van der Waals surface area (Å²) in [6.07, 6.45) is 4.29. The standard InChI is InChI=1S/C31H36N4O4Si/c1-22(37)34-17-7-9-26(34)29-28(39-24-12-10-23(20-36)11-13-24)15-14-27-30(29)33-31(25-8-5-6-16-32-25)35(27)21-38-18-19-40(2,3)4/h5-6,8,10-16,20,26H,7,9,17-19,21H2,1-4H3. The van der Waals surface area contributed by atoms with Crippen molar-refractivity contribution in [3.8, 4) is 23.0 Å². The molecule has 1 unspecified atom stereocenters. The second-order valence-electron chi connectivity index (χ2n) is 11.4. The van der Waals surface area contributed by atoms with Crippen molar-refractivity contribution < 1.29 is 19.1 Å². The summed E-state index contributed by atoms with van der Waals surface area (Å²) < 4.78 is 14.7. The third kappa shape index (κ3) is 6.00. The number of amides is 1. The van der Waals surface area contributed by atoms with E-state index in [-0.39, 0.29) is 11.9 Å². The number of rotatable bonds is 10. The monoisotopic (exact) mass is 556 g/mol. The van der Waals surface area contributed by atoms with Crippen molar-refractivity contribution in [1.29, 1.82) is 0 Å². The lowest BCUT2D eigenvalue weighted by Crippen LogP contribution is -2.28. The Labute approximate surface area is 236 Å². The van der Waals surface area contributed by atoms with E-state index >= 15 is 0 Å². The number of fused-ring (bicyclic) bond motifs is 1. The minimum absolute atomic E-state index is 0.0276. The van der Waals surface area contributed by atoms with Gasteiger partial charge in [0.2, 0.25) is 5.91 Å². The van der Waals surface area contributed by atoms with Crippen molar-refractivity contribution in [3.05, 3.63) is 71.9 Å². The van der Waals surface area contributed by atoms with Crippen LogP contribution in [0.2, 0.25) is 25.7 Å². The predicted molar refractivity (Wildman–Crippen MR) is 158 cm³/mol. The van der Waals surface area contributed by atoms with Gasteiger partial charge in [-0.15, -0.1) is 0 Å². The lowest BCUT2D eigenvalue weighted by atomic mass is 10.0. The van der Waals surface area contributed by atoms with Gasteiger partial charge in [0.05, 0.1) is 17.1 Å². The third-order valence-corrected chi connectivity index (χ3v) is 8.97. The molecule has 2 aromatic carbocycles. The summed E-state index contributed by atoms with van der Waals surface area (Å²) in [5.41, 5.74) is 3.88. The minimum atomic E-state index is -1.24. The van der Waals surface area contributed by atoms with E-state index in [1.54, 1.807) is 37.4 Å². The largest absolute Gasteiger partial charge is 0.457 e. The predicted octanol–water partition coefficient (Wildman–Crippen LogP) is 6.70. The average Bonchev–Trinajstić information content (AvgIpc) is 3.57. The first-order valence-corrected chi connectivity index (χ1v) is 17.5. The highest BCUT2D eigenvalue weighted by Gasteiger charge is 2.33. The Kier molecular flexibility index (Phi) is 8.13. The highest BCUT2D eigenvalue weighted by atomic mass is 28.3. The second kappa shape index (κ2) is 11.7. The van der Waals surface area contributed by atoms with E-state index in [2.05, 4.69) is 29.2 Å². The number of nitrogens with zero attached hydrogens (tertiary/aromatic N) is 4. The SMILES string of the molecule is CC(=O)N1CCCC1c1c(Oc2ccc(C=O)cc2)ccc2c1nc(-c1ccccn1)n2COCC[Si](C)(C)C. The second-order valence-corrected chi connectivity index (χ2v) is 17.1. The van der Waals surface area contributed by atoms with Crippen LogP contribution in [0, 0.1) is 0 Å². The molecular weight excluding hydrogens is 520 g/mol. The zero-order valence-corrected chi connectivity index (χ0v) is 24.6. The van der Waals surface area contributed by atoms with Gasteiger partial charge in [0.25, 0.3) is 0 Å². The van der Waals surface area contributed by atoms with Gasteiger partial charge in [0, 0.05) is 45.5 Å². The fourth-order valence-electron chi connectivity index (χ4n) is 5.15. The van der Waals surface area contributed by atoms with E-state index in [9.17, 15) is 9.59 Å². The lowest BCUT2D eigenvalue weighted by molar-refractivity contribution is -0.129. The molecule has 5 rings (SSSR count). The highest BCUT2D eigenvalue weighted by Crippen LogP contribution is 2.43. The number of likely N-dealkylation sites (tertiary alicyclic amines) is 1. The number of hydrogen-bond donors (Lipinski definition) is 0. The van der Waals surface area contributed by atoms with Crippen molar-refractivity contribution in [3.63, 3.8) is 0 Å². The molecule has 8 nitrogen and oxygen atoms in total. The molecular formula is C31H36N4O4Si. The molecule has 0 radical (unpaired) electrons. The number of pyridine rings is 1. The van der Waals surface area contributed by atoms with Crippen LogP contribution in [0.5, 0.6) is 11.5 Å². The molecule has 4 aromatic rings. The summed E-state index contributed by atoms with van der Waals surface area (Å²) in [6, 6.07) is 17.6. The third-order valence-electron chi connectivity index (χ3n) is 7.27. The first kappa shape index (κ1) is 27.7. The summed E-state index contributed by atoms with van der Waals surface area (Å²) in [7, 11) is -1.24. The molecule has 1 atom stereocenters. The Bertz CT molecular complexity index is 1500. The Balaban J connectivity index is 1.64. The van der Waals surface area contributed by atoms with E-state index in [0.717, 1.165) is 47.5 Å². The maximum absolute atomic E-state index is 12.7. The van der Waals surface area contributed by atoms with Gasteiger partial charge in [-0.25, -0.2) is 4.98 Å². The molecule has 2 aromatic heterocycles. The molecule has 40 heavy (non-hydrogen) atoms. The first-order valence-electron chi connectivity index (χ1n) is 13.8. The van der Waals surface area contributed by atoms with Gasteiger partial charge in [-0.3, -0.25) is 19.1 Å². The Morgan fingerprint density at radius 3 is 2.58 bits per heavy atom. The molecule has 9 heteroatoms. The van der Waals surface area contributed by atoms with Gasteiger partial charge >= 0.3 is 0 Å². The molecule has 0 bridgehead atoms. The molecule has 1 amide bonds. The molecule has 0 saturated carbocycles. The topological polar surface area (TPSA) is 86.5 Å². The van der Waals surface area contributed by atoms with E-state index < -0.39 is 8.07 Å². The summed E-state index contributed by atoms with van der Waals surface area (Å²) in [4.78, 5) is 35.4. The van der Waals surface area contributed by atoms with Crippen LogP contribution in [-0.4, -0.2) is 52.9 Å². The number of ether oxygens (including phenoxy) is 2. The molecule has 0 aliphatic carbocycles. The normalized spacial score (nSPS) is 15.5. The van der Waals surface area contributed by atoms with Crippen molar-refractivity contribution >= 4 is 31.3 Å². The van der Waals surface area contributed by atoms with Crippen LogP contribution >= 0.6 is 0 Å². The molecule has 1 aliphatic heterocycles. The summed E-state index contributed by atoms with van der Waals surface area (Å²) in [5, 5.41) is 0. The van der Waals surface area contributed by atoms with Crippen molar-refractivity contribution in [2.45, 2.75) is 58.2 Å². The zero-order valence-electron chi connectivity index (χ0n) is 23.6. The van der Waals surface area contributed by atoms with Crippen molar-refractivity contribution in [1.82, 2.24) is 19.4 Å². The molecule has 208 valence electrons. The number of carbonyl (C=O) groups excluding carboxylic acids is 2. The number of carbonyl (C=O) groups is 2. The summed E-state index contributed by atoms with van der Waals surface area (Å²) in [6.45, 7) is 10.4. The summed E-state index contributed by atoms with van der Waals surface area (Å²) >= 11 is 0. The molecule has 1 saturated heterocycles. The van der Waals surface area contributed by atoms with Crippen LogP contribution in [-0.2, 0) is 16.3 Å². The van der Waals surface area contributed by atoms with Gasteiger partial charge in [-0.1, -0.05) is 25.7 Å². The Morgan fingerprint density at radius 1 is 1.10 bits per heavy atom. The van der Waals surface area contributed by atoms with Gasteiger partial charge in [-0.05, 0) is 67.4 Å². The maximum Gasteiger partial charge on any atom is 0.219 e. The van der Waals surface area contributed by atoms with Gasteiger partial charge in [0.1, 0.15) is 30.2 Å². The molecule has 0 spiro atoms. The number of benzene rings is 2. The van der Waals surface area contributed by atoms with E-state index in [4.69, 9.17) is 14.5 Å². The van der Waals surface area contributed by atoms with E-state index in [1.165, 1.54) is 0 Å². The smallest absolute Gasteiger partial charge is 0.219 e. The van der Waals surface area contributed by atoms with E-state index in [1.807, 2.05) is 35.2 Å². The van der Waals surface area contributed by atoms with Crippen molar-refractivity contribution in [2.75, 3.05) is 13.2 Å². The highest BCUT2D eigenvalue weighted by molar-refractivity contribution is 6.76. The lowest BCUT2D eigenvalue weighted by Gasteiger charge is -2.26. The van der Waals surface area contributed by atoms with Crippen LogP contribution < -0.4 is 4.74 Å². The minimum Gasteiger partial charge on any atom is -0.457 e. The first-order chi connectivity index (χ1) is 19.2. The number of aldehydes is 1. The Hall–Kier alpha value is -3.82. The quantitative estimate of drug-likeness (QED) is 0.123. The van der Waals surface area contributed by atoms with Crippen LogP contribution in [0.4, 0.5) is 0 Å². The van der Waals surface area contributed by atoms with Crippen molar-refractivity contribution in [2.24, 2.45) is 0 Å². The number of aromatic nitrogens is 3. The fourth-order valence-corrected chi connectivity index (χ4v) is 5.90.